The number of hydrogen-bond donors (Lipinski definition) is 1. The molecule has 1 aliphatic heterocycles. The van der Waals surface area contributed by atoms with Gasteiger partial charge in [0.15, 0.2) is 0 Å². The van der Waals surface area contributed by atoms with Crippen LogP contribution in [0.3, 0.4) is 0 Å². The molecule has 1 fully saturated rings. The van der Waals surface area contributed by atoms with Crippen LogP contribution < -0.4 is 10.2 Å². The second kappa shape index (κ2) is 8.71. The highest BCUT2D eigenvalue weighted by Crippen LogP contribution is 2.23. The fourth-order valence-electron chi connectivity index (χ4n) is 2.69. The maximum atomic E-state index is 5.77. The lowest BCUT2D eigenvalue weighted by atomic mass is 10.2. The molecule has 118 valence electrons. The summed E-state index contributed by atoms with van der Waals surface area (Å²) < 4.78 is 6.81. The number of nitrogens with one attached hydrogen (secondary N) is 1. The molecule has 0 aliphatic carbocycles. The van der Waals surface area contributed by atoms with Crippen molar-refractivity contribution < 1.29 is 4.74 Å². The van der Waals surface area contributed by atoms with Crippen molar-refractivity contribution >= 4 is 21.7 Å². The smallest absolute Gasteiger partial charge is 0.133 e. The molecule has 21 heavy (non-hydrogen) atoms. The van der Waals surface area contributed by atoms with Gasteiger partial charge in [0.1, 0.15) is 5.82 Å². The molecule has 0 amide bonds. The molecule has 4 nitrogen and oxygen atoms in total. The summed E-state index contributed by atoms with van der Waals surface area (Å²) in [6.07, 6.45) is 5.73. The average Bonchev–Trinajstić information content (AvgIpc) is 2.99. The maximum absolute atomic E-state index is 5.77. The molecule has 0 radical (unpaired) electrons. The van der Waals surface area contributed by atoms with Gasteiger partial charge in [-0.3, -0.25) is 0 Å². The lowest BCUT2D eigenvalue weighted by molar-refractivity contribution is 0.115. The van der Waals surface area contributed by atoms with Gasteiger partial charge in [0.2, 0.25) is 0 Å². The lowest BCUT2D eigenvalue weighted by Crippen LogP contribution is -2.34. The van der Waals surface area contributed by atoms with E-state index in [1.165, 1.54) is 12.0 Å². The third kappa shape index (κ3) is 4.94. The Morgan fingerprint density at radius 3 is 3.00 bits per heavy atom. The average molecular weight is 356 g/mol. The van der Waals surface area contributed by atoms with E-state index >= 15 is 0 Å². The highest BCUT2D eigenvalue weighted by Gasteiger charge is 2.21. The highest BCUT2D eigenvalue weighted by atomic mass is 79.9. The van der Waals surface area contributed by atoms with Crippen LogP contribution in [-0.2, 0) is 11.3 Å². The van der Waals surface area contributed by atoms with Crippen LogP contribution in [0.4, 0.5) is 5.82 Å². The summed E-state index contributed by atoms with van der Waals surface area (Å²) in [6.45, 7) is 9.05. The maximum Gasteiger partial charge on any atom is 0.133 e. The second-order valence-corrected chi connectivity index (χ2v) is 6.40. The van der Waals surface area contributed by atoms with Gasteiger partial charge in [-0.2, -0.15) is 0 Å². The molecule has 1 atom stereocenters. The standard InChI is InChI=1S/C16H26BrN3O/c1-3-7-18-10-13-9-14(17)11-19-16(13)20(4-2)12-15-6-5-8-21-15/h9,11,15,18H,3-8,10,12H2,1-2H3. The topological polar surface area (TPSA) is 37.4 Å². The Hall–Kier alpha value is -0.650. The van der Waals surface area contributed by atoms with Crippen LogP contribution in [-0.4, -0.2) is 37.3 Å². The number of ether oxygens (including phenoxy) is 1. The van der Waals surface area contributed by atoms with Crippen molar-refractivity contribution in [2.24, 2.45) is 0 Å². The monoisotopic (exact) mass is 355 g/mol. The summed E-state index contributed by atoms with van der Waals surface area (Å²) in [5.74, 6) is 1.08. The van der Waals surface area contributed by atoms with Crippen molar-refractivity contribution in [1.29, 1.82) is 0 Å². The highest BCUT2D eigenvalue weighted by molar-refractivity contribution is 9.10. The molecule has 1 unspecified atom stereocenters. The molecule has 0 saturated carbocycles. The Balaban J connectivity index is 2.10. The number of pyridine rings is 1. The largest absolute Gasteiger partial charge is 0.376 e. The summed E-state index contributed by atoms with van der Waals surface area (Å²) in [5, 5.41) is 3.47. The molecule has 5 heteroatoms. The van der Waals surface area contributed by atoms with E-state index in [0.717, 1.165) is 55.9 Å². The van der Waals surface area contributed by atoms with E-state index in [-0.39, 0.29) is 0 Å². The van der Waals surface area contributed by atoms with Gasteiger partial charge < -0.3 is 15.0 Å². The first-order chi connectivity index (χ1) is 10.2. The van der Waals surface area contributed by atoms with E-state index in [9.17, 15) is 0 Å². The quantitative estimate of drug-likeness (QED) is 0.725. The van der Waals surface area contributed by atoms with Gasteiger partial charge in [-0.25, -0.2) is 4.98 Å². The number of rotatable bonds is 8. The molecule has 0 spiro atoms. The molecule has 2 rings (SSSR count). The third-order valence-corrected chi connectivity index (χ3v) is 4.21. The van der Waals surface area contributed by atoms with Crippen molar-refractivity contribution in [1.82, 2.24) is 10.3 Å². The van der Waals surface area contributed by atoms with Crippen molar-refractivity contribution in [3.05, 3.63) is 22.3 Å². The molecule has 0 bridgehead atoms. The Morgan fingerprint density at radius 2 is 2.33 bits per heavy atom. The number of aromatic nitrogens is 1. The van der Waals surface area contributed by atoms with Gasteiger partial charge in [0.05, 0.1) is 6.10 Å². The predicted octanol–water partition coefficient (Wildman–Crippen LogP) is 3.35. The molecule has 1 aromatic heterocycles. The van der Waals surface area contributed by atoms with Gasteiger partial charge in [0, 0.05) is 42.5 Å². The van der Waals surface area contributed by atoms with E-state index in [2.05, 4.69) is 51.0 Å². The van der Waals surface area contributed by atoms with Gasteiger partial charge >= 0.3 is 0 Å². The summed E-state index contributed by atoms with van der Waals surface area (Å²) in [5.41, 5.74) is 1.25. The molecular formula is C16H26BrN3O. The van der Waals surface area contributed by atoms with Crippen LogP contribution in [0.25, 0.3) is 0 Å². The van der Waals surface area contributed by atoms with Gasteiger partial charge in [-0.05, 0) is 54.7 Å². The fourth-order valence-corrected chi connectivity index (χ4v) is 3.07. The van der Waals surface area contributed by atoms with Crippen molar-refractivity contribution in [2.45, 2.75) is 45.8 Å². The second-order valence-electron chi connectivity index (χ2n) is 5.49. The summed E-state index contributed by atoms with van der Waals surface area (Å²) in [7, 11) is 0. The van der Waals surface area contributed by atoms with E-state index in [1.807, 2.05) is 6.20 Å². The minimum atomic E-state index is 0.354. The first-order valence-electron chi connectivity index (χ1n) is 7.96. The molecule has 2 heterocycles. The number of hydrogen-bond acceptors (Lipinski definition) is 4. The Kier molecular flexibility index (Phi) is 6.93. The molecule has 1 aromatic rings. The van der Waals surface area contributed by atoms with Crippen LogP contribution in [0.1, 0.15) is 38.7 Å². The number of anilines is 1. The van der Waals surface area contributed by atoms with E-state index < -0.39 is 0 Å². The molecule has 1 N–H and O–H groups in total. The van der Waals surface area contributed by atoms with Gasteiger partial charge in [-0.1, -0.05) is 6.92 Å². The Morgan fingerprint density at radius 1 is 1.48 bits per heavy atom. The Labute approximate surface area is 136 Å². The molecule has 1 saturated heterocycles. The number of halogens is 1. The summed E-state index contributed by atoms with van der Waals surface area (Å²) in [6, 6.07) is 2.17. The van der Waals surface area contributed by atoms with E-state index in [1.54, 1.807) is 0 Å². The van der Waals surface area contributed by atoms with Crippen LogP contribution in [0.15, 0.2) is 16.7 Å². The first-order valence-corrected chi connectivity index (χ1v) is 8.75. The minimum absolute atomic E-state index is 0.354. The number of likely N-dealkylation sites (N-methyl/N-ethyl adjacent to an activating group) is 1. The fraction of sp³-hybridized carbons (Fsp3) is 0.688. The molecule has 1 aliphatic rings. The van der Waals surface area contributed by atoms with Crippen LogP contribution in [0.5, 0.6) is 0 Å². The van der Waals surface area contributed by atoms with Crippen molar-refractivity contribution in [2.75, 3.05) is 31.1 Å². The normalized spacial score (nSPS) is 18.1. The van der Waals surface area contributed by atoms with Gasteiger partial charge in [0.25, 0.3) is 0 Å². The minimum Gasteiger partial charge on any atom is -0.376 e. The van der Waals surface area contributed by atoms with Crippen molar-refractivity contribution in [3.8, 4) is 0 Å². The van der Waals surface area contributed by atoms with E-state index in [4.69, 9.17) is 4.74 Å². The third-order valence-electron chi connectivity index (χ3n) is 3.78. The zero-order chi connectivity index (χ0) is 15.1. The molecular weight excluding hydrogens is 330 g/mol. The zero-order valence-corrected chi connectivity index (χ0v) is 14.7. The lowest BCUT2D eigenvalue weighted by Gasteiger charge is -2.27. The van der Waals surface area contributed by atoms with Crippen LogP contribution in [0, 0.1) is 0 Å². The van der Waals surface area contributed by atoms with E-state index in [0.29, 0.717) is 6.10 Å². The van der Waals surface area contributed by atoms with Crippen molar-refractivity contribution in [3.63, 3.8) is 0 Å². The zero-order valence-electron chi connectivity index (χ0n) is 13.1. The Bertz CT molecular complexity index is 436. The summed E-state index contributed by atoms with van der Waals surface area (Å²) >= 11 is 3.53. The molecule has 0 aromatic carbocycles. The van der Waals surface area contributed by atoms with Gasteiger partial charge in [-0.15, -0.1) is 0 Å². The van der Waals surface area contributed by atoms with Crippen LogP contribution in [0.2, 0.25) is 0 Å². The number of nitrogens with zero attached hydrogens (tertiary/aromatic N) is 2. The first kappa shape index (κ1) is 16.7. The summed E-state index contributed by atoms with van der Waals surface area (Å²) in [4.78, 5) is 6.99. The SMILES string of the molecule is CCCNCc1cc(Br)cnc1N(CC)CC1CCCO1. The van der Waals surface area contributed by atoms with Crippen LogP contribution >= 0.6 is 15.9 Å². The predicted molar refractivity (Wildman–Crippen MR) is 90.8 cm³/mol.